The van der Waals surface area contributed by atoms with Gasteiger partial charge in [-0.05, 0) is 37.2 Å². The van der Waals surface area contributed by atoms with Gasteiger partial charge in [-0.2, -0.15) is 0 Å². The van der Waals surface area contributed by atoms with E-state index in [0.29, 0.717) is 0 Å². The molecule has 0 fully saturated rings. The molecule has 0 bridgehead atoms. The summed E-state index contributed by atoms with van der Waals surface area (Å²) < 4.78 is 0. The van der Waals surface area contributed by atoms with Crippen molar-refractivity contribution in [1.82, 2.24) is 4.90 Å². The van der Waals surface area contributed by atoms with Crippen LogP contribution < -0.4 is 24.8 Å². The van der Waals surface area contributed by atoms with Crippen molar-refractivity contribution in [1.29, 1.82) is 0 Å². The molecular formula is C20H29Cl2N2Ti. The number of likely N-dealkylation sites (N-methyl/N-ethyl adjacent to an activating group) is 1. The Balaban J connectivity index is 0. The Morgan fingerprint density at radius 1 is 1.12 bits per heavy atom. The molecule has 0 spiro atoms. The van der Waals surface area contributed by atoms with Crippen LogP contribution in [0.5, 0.6) is 0 Å². The van der Waals surface area contributed by atoms with Crippen LogP contribution in [0.3, 0.4) is 0 Å². The van der Waals surface area contributed by atoms with E-state index in [0.717, 1.165) is 13.0 Å². The fourth-order valence-electron chi connectivity index (χ4n) is 3.05. The van der Waals surface area contributed by atoms with E-state index in [9.17, 15) is 0 Å². The van der Waals surface area contributed by atoms with E-state index < -0.39 is 0 Å². The average Bonchev–Trinajstić information content (AvgIpc) is 2.84. The fraction of sp³-hybridized carbons (Fsp3) is 0.500. The molecule has 137 valence electrons. The summed E-state index contributed by atoms with van der Waals surface area (Å²) in [6.45, 7) is 9.70. The number of hydrogen-bond acceptors (Lipinski definition) is 1. The summed E-state index contributed by atoms with van der Waals surface area (Å²) in [5.41, 5.74) is 5.51. The minimum Gasteiger partial charge on any atom is -1.00 e. The molecule has 1 aliphatic carbocycles. The van der Waals surface area contributed by atoms with Crippen molar-refractivity contribution >= 4 is 5.57 Å². The molecule has 2 nitrogen and oxygen atoms in total. The van der Waals surface area contributed by atoms with Crippen LogP contribution in [0.1, 0.15) is 51.3 Å². The molecule has 1 unspecified atom stereocenters. The second-order valence-corrected chi connectivity index (χ2v) is 7.45. The first kappa shape index (κ1) is 27.1. The van der Waals surface area contributed by atoms with Crippen LogP contribution >= 0.6 is 0 Å². The van der Waals surface area contributed by atoms with Gasteiger partial charge in [0.05, 0.1) is 0 Å². The molecule has 0 saturated heterocycles. The SMILES string of the molecule is CC([N-]C(C)(C)C)c1ccccc1C1=CC(CN(C)C)=CC1.[Cl-].[Cl-].[Ti+3]. The van der Waals surface area contributed by atoms with Gasteiger partial charge in [-0.15, -0.1) is 11.6 Å². The summed E-state index contributed by atoms with van der Waals surface area (Å²) in [5, 5.41) is 4.93. The first-order valence-corrected chi connectivity index (χ1v) is 8.12. The summed E-state index contributed by atoms with van der Waals surface area (Å²) in [6, 6.07) is 8.93. The number of allylic oxidation sites excluding steroid dienone is 2. The van der Waals surface area contributed by atoms with Crippen molar-refractivity contribution in [3.05, 3.63) is 58.4 Å². The molecular weight excluding hydrogens is 387 g/mol. The number of halogens is 2. The maximum absolute atomic E-state index is 4.93. The van der Waals surface area contributed by atoms with Crippen LogP contribution in [0.2, 0.25) is 0 Å². The van der Waals surface area contributed by atoms with E-state index in [1.54, 1.807) is 0 Å². The number of hydrogen-bond donors (Lipinski definition) is 0. The maximum atomic E-state index is 4.93. The first-order chi connectivity index (χ1) is 10.3. The first-order valence-electron chi connectivity index (χ1n) is 8.12. The summed E-state index contributed by atoms with van der Waals surface area (Å²) in [4.78, 5) is 2.22. The Kier molecular flexibility index (Phi) is 12.6. The largest absolute Gasteiger partial charge is 3.00 e. The second-order valence-electron chi connectivity index (χ2n) is 7.45. The van der Waals surface area contributed by atoms with Crippen LogP contribution in [0.15, 0.2) is 42.0 Å². The van der Waals surface area contributed by atoms with Gasteiger partial charge in [-0.3, -0.25) is 0 Å². The predicted molar refractivity (Wildman–Crippen MR) is 97.2 cm³/mol. The molecule has 0 aromatic heterocycles. The molecule has 25 heavy (non-hydrogen) atoms. The van der Waals surface area contributed by atoms with E-state index in [-0.39, 0.29) is 58.1 Å². The third kappa shape index (κ3) is 8.43. The Labute approximate surface area is 181 Å². The van der Waals surface area contributed by atoms with Crippen molar-refractivity contribution in [2.45, 2.75) is 45.7 Å². The minimum atomic E-state index is -0.00901. The van der Waals surface area contributed by atoms with Gasteiger partial charge in [0.15, 0.2) is 0 Å². The third-order valence-electron chi connectivity index (χ3n) is 3.78. The molecule has 1 aromatic carbocycles. The van der Waals surface area contributed by atoms with Crippen molar-refractivity contribution in [2.24, 2.45) is 0 Å². The molecule has 1 aliphatic rings. The van der Waals surface area contributed by atoms with Crippen molar-refractivity contribution in [3.63, 3.8) is 0 Å². The average molecular weight is 416 g/mol. The predicted octanol–water partition coefficient (Wildman–Crippen LogP) is -0.800. The molecule has 2 rings (SSSR count). The molecule has 1 radical (unpaired) electrons. The van der Waals surface area contributed by atoms with E-state index in [1.165, 1.54) is 22.3 Å². The van der Waals surface area contributed by atoms with Gasteiger partial charge in [0.2, 0.25) is 0 Å². The topological polar surface area (TPSA) is 17.3 Å². The number of rotatable bonds is 5. The minimum absolute atomic E-state index is 0. The molecule has 5 heteroatoms. The van der Waals surface area contributed by atoms with E-state index >= 15 is 0 Å². The van der Waals surface area contributed by atoms with Crippen molar-refractivity contribution < 1.29 is 46.5 Å². The smallest absolute Gasteiger partial charge is 1.00 e. The van der Waals surface area contributed by atoms with Gasteiger partial charge >= 0.3 is 21.7 Å². The molecule has 1 aromatic rings. The van der Waals surface area contributed by atoms with Crippen LogP contribution in [-0.2, 0) is 21.7 Å². The van der Waals surface area contributed by atoms with Crippen LogP contribution in [-0.4, -0.2) is 31.1 Å². The van der Waals surface area contributed by atoms with Crippen molar-refractivity contribution in [2.75, 3.05) is 20.6 Å². The zero-order chi connectivity index (χ0) is 16.3. The fourth-order valence-corrected chi connectivity index (χ4v) is 3.05. The molecule has 0 saturated carbocycles. The van der Waals surface area contributed by atoms with Gasteiger partial charge < -0.3 is 35.0 Å². The molecule has 0 heterocycles. The normalized spacial score (nSPS) is 14.7. The van der Waals surface area contributed by atoms with Crippen LogP contribution in [0.4, 0.5) is 0 Å². The van der Waals surface area contributed by atoms with Crippen LogP contribution in [0.25, 0.3) is 10.9 Å². The van der Waals surface area contributed by atoms with E-state index in [1.807, 2.05) is 0 Å². The molecule has 0 amide bonds. The summed E-state index contributed by atoms with van der Waals surface area (Å²) in [5.74, 6) is 0. The van der Waals surface area contributed by atoms with Gasteiger partial charge in [0, 0.05) is 6.54 Å². The van der Waals surface area contributed by atoms with E-state index in [4.69, 9.17) is 5.32 Å². The molecule has 0 N–H and O–H groups in total. The molecule has 0 aliphatic heterocycles. The maximum Gasteiger partial charge on any atom is 3.00 e. The quantitative estimate of drug-likeness (QED) is 0.575. The summed E-state index contributed by atoms with van der Waals surface area (Å²) in [6.07, 6.45) is 5.72. The van der Waals surface area contributed by atoms with Gasteiger partial charge in [0.25, 0.3) is 0 Å². The Hall–Kier alpha value is -0.0857. The summed E-state index contributed by atoms with van der Waals surface area (Å²) >= 11 is 0. The summed E-state index contributed by atoms with van der Waals surface area (Å²) in [7, 11) is 4.23. The second kappa shape index (κ2) is 11.6. The zero-order valence-electron chi connectivity index (χ0n) is 16.1. The number of nitrogens with zero attached hydrogens (tertiary/aromatic N) is 2. The molecule has 1 atom stereocenters. The number of benzene rings is 1. The Morgan fingerprint density at radius 2 is 1.72 bits per heavy atom. The van der Waals surface area contributed by atoms with Crippen molar-refractivity contribution in [3.8, 4) is 0 Å². The monoisotopic (exact) mass is 415 g/mol. The van der Waals surface area contributed by atoms with Crippen LogP contribution in [0, 0.1) is 0 Å². The Bertz CT molecular complexity index is 590. The third-order valence-corrected chi connectivity index (χ3v) is 3.78. The zero-order valence-corrected chi connectivity index (χ0v) is 19.2. The Morgan fingerprint density at radius 3 is 2.28 bits per heavy atom. The standard InChI is InChI=1S/C20H29N2.2ClH.Ti/c1-15(21-20(2,3)4)18-9-7-8-10-19(18)17-12-11-16(13-17)14-22(5)6;;;/h7-11,13,15H,12,14H2,1-6H3;2*1H;/q-1;;;+3/p-2. The van der Waals surface area contributed by atoms with Gasteiger partial charge in [-0.25, -0.2) is 0 Å². The van der Waals surface area contributed by atoms with Gasteiger partial charge in [-0.1, -0.05) is 69.7 Å². The van der Waals surface area contributed by atoms with Gasteiger partial charge in [0.1, 0.15) is 0 Å². The van der Waals surface area contributed by atoms with E-state index in [2.05, 4.69) is 83.1 Å².